The Balaban J connectivity index is 1.87. The van der Waals surface area contributed by atoms with Crippen molar-refractivity contribution in [3.63, 3.8) is 0 Å². The minimum absolute atomic E-state index is 0.747. The minimum Gasteiger partial charge on any atom is -0.354 e. The molecule has 0 aliphatic rings. The molecule has 0 fully saturated rings. The van der Waals surface area contributed by atoms with Gasteiger partial charge in [-0.05, 0) is 30.3 Å². The molecule has 0 saturated heterocycles. The van der Waals surface area contributed by atoms with Gasteiger partial charge in [-0.1, -0.05) is 24.3 Å². The fourth-order valence-corrected chi connectivity index (χ4v) is 4.50. The molecule has 0 spiro atoms. The molecule has 5 heterocycles. The number of aromatic amines is 1. The van der Waals surface area contributed by atoms with E-state index in [0.717, 1.165) is 44.1 Å². The second kappa shape index (κ2) is 4.84. The molecule has 0 bridgehead atoms. The third kappa shape index (κ3) is 1.60. The first-order valence-corrected chi connectivity index (χ1v) is 9.22. The SMILES string of the molecule is c1ccc2c(c1)[nH]c1c2ccc2c1c1ccncc1n1c3cccnc3nc21. The predicted octanol–water partition coefficient (Wildman–Crippen LogP) is 5.22. The summed E-state index contributed by atoms with van der Waals surface area (Å²) in [6.45, 7) is 0. The molecule has 0 aliphatic carbocycles. The van der Waals surface area contributed by atoms with Gasteiger partial charge in [-0.2, -0.15) is 0 Å². The van der Waals surface area contributed by atoms with Crippen molar-refractivity contribution in [3.8, 4) is 0 Å². The van der Waals surface area contributed by atoms with E-state index in [2.05, 4.69) is 67.9 Å². The van der Waals surface area contributed by atoms with Crippen LogP contribution in [0.2, 0.25) is 0 Å². The van der Waals surface area contributed by atoms with Gasteiger partial charge in [-0.15, -0.1) is 0 Å². The Morgan fingerprint density at radius 1 is 0.750 bits per heavy atom. The summed E-state index contributed by atoms with van der Waals surface area (Å²) in [6, 6.07) is 18.9. The predicted molar refractivity (Wildman–Crippen MR) is 113 cm³/mol. The number of hydrogen-bond acceptors (Lipinski definition) is 3. The summed E-state index contributed by atoms with van der Waals surface area (Å²) in [6.07, 6.45) is 5.55. The lowest BCUT2D eigenvalue weighted by Crippen LogP contribution is -1.92. The number of aromatic nitrogens is 5. The van der Waals surface area contributed by atoms with Crippen LogP contribution in [-0.4, -0.2) is 24.3 Å². The van der Waals surface area contributed by atoms with Crippen LogP contribution >= 0.6 is 0 Å². The number of imidazole rings is 1. The van der Waals surface area contributed by atoms with Gasteiger partial charge >= 0.3 is 0 Å². The summed E-state index contributed by atoms with van der Waals surface area (Å²) in [5.74, 6) is 0. The maximum absolute atomic E-state index is 4.86. The Kier molecular flexibility index (Phi) is 2.44. The number of nitrogens with one attached hydrogen (secondary N) is 1. The highest BCUT2D eigenvalue weighted by molar-refractivity contribution is 6.26. The fourth-order valence-electron chi connectivity index (χ4n) is 4.50. The highest BCUT2D eigenvalue weighted by Crippen LogP contribution is 2.37. The van der Waals surface area contributed by atoms with Gasteiger partial charge in [0.1, 0.15) is 5.65 Å². The Labute approximate surface area is 158 Å². The van der Waals surface area contributed by atoms with Crippen molar-refractivity contribution in [2.24, 2.45) is 0 Å². The second-order valence-electron chi connectivity index (χ2n) is 7.09. The van der Waals surface area contributed by atoms with Gasteiger partial charge < -0.3 is 4.98 Å². The molecule has 7 rings (SSSR count). The molecule has 28 heavy (non-hydrogen) atoms. The summed E-state index contributed by atoms with van der Waals surface area (Å²) in [5.41, 5.74) is 5.96. The molecule has 0 saturated carbocycles. The molecular weight excluding hydrogens is 346 g/mol. The first-order valence-electron chi connectivity index (χ1n) is 9.22. The Hall–Kier alpha value is -3.99. The van der Waals surface area contributed by atoms with E-state index >= 15 is 0 Å². The number of rotatable bonds is 0. The Morgan fingerprint density at radius 3 is 2.68 bits per heavy atom. The molecule has 0 amide bonds. The van der Waals surface area contributed by atoms with Gasteiger partial charge in [0.25, 0.3) is 0 Å². The molecular formula is C23H13N5. The van der Waals surface area contributed by atoms with Gasteiger partial charge in [0.2, 0.25) is 0 Å². The average Bonchev–Trinajstić information content (AvgIpc) is 3.32. The molecule has 130 valence electrons. The molecule has 5 aromatic heterocycles. The third-order valence-corrected chi connectivity index (χ3v) is 5.66. The van der Waals surface area contributed by atoms with E-state index in [1.807, 2.05) is 18.5 Å². The Bertz CT molecular complexity index is 1720. The smallest absolute Gasteiger partial charge is 0.178 e. The Morgan fingerprint density at radius 2 is 1.68 bits per heavy atom. The normalized spacial score (nSPS) is 12.3. The van der Waals surface area contributed by atoms with E-state index in [-0.39, 0.29) is 0 Å². The van der Waals surface area contributed by atoms with Gasteiger partial charge in [-0.25, -0.2) is 9.97 Å². The third-order valence-electron chi connectivity index (χ3n) is 5.66. The molecule has 0 unspecified atom stereocenters. The minimum atomic E-state index is 0.747. The first-order chi connectivity index (χ1) is 13.9. The molecule has 2 aromatic carbocycles. The average molecular weight is 359 g/mol. The van der Waals surface area contributed by atoms with Gasteiger partial charge in [0.15, 0.2) is 5.65 Å². The van der Waals surface area contributed by atoms with E-state index in [0.29, 0.717) is 0 Å². The summed E-state index contributed by atoms with van der Waals surface area (Å²) < 4.78 is 2.17. The lowest BCUT2D eigenvalue weighted by atomic mass is 10.0. The molecule has 5 heteroatoms. The van der Waals surface area contributed by atoms with Gasteiger partial charge in [0, 0.05) is 44.8 Å². The van der Waals surface area contributed by atoms with E-state index in [1.54, 1.807) is 6.20 Å². The van der Waals surface area contributed by atoms with Crippen LogP contribution in [0.15, 0.2) is 73.2 Å². The van der Waals surface area contributed by atoms with Gasteiger partial charge in [-0.3, -0.25) is 9.38 Å². The molecule has 0 atom stereocenters. The van der Waals surface area contributed by atoms with Crippen LogP contribution in [0.5, 0.6) is 0 Å². The number of benzene rings is 2. The number of hydrogen-bond donors (Lipinski definition) is 1. The van der Waals surface area contributed by atoms with Crippen molar-refractivity contribution in [3.05, 3.63) is 73.2 Å². The van der Waals surface area contributed by atoms with E-state index in [1.165, 1.54) is 16.2 Å². The van der Waals surface area contributed by atoms with Crippen molar-refractivity contribution in [2.75, 3.05) is 0 Å². The molecule has 0 aliphatic heterocycles. The molecule has 7 aromatic rings. The summed E-state index contributed by atoms with van der Waals surface area (Å²) >= 11 is 0. The molecule has 5 nitrogen and oxygen atoms in total. The topological polar surface area (TPSA) is 58.9 Å². The monoisotopic (exact) mass is 359 g/mol. The second-order valence-corrected chi connectivity index (χ2v) is 7.09. The van der Waals surface area contributed by atoms with E-state index in [4.69, 9.17) is 4.98 Å². The van der Waals surface area contributed by atoms with Crippen LogP contribution in [0.1, 0.15) is 0 Å². The standard InChI is InChI=1S/C23H13N5/c1-2-5-17-13(4-1)14-7-8-16-20(21(14)26-17)15-9-11-24-12-19(15)28-18-6-3-10-25-22(18)27-23(16)28/h1-12,26H. The van der Waals surface area contributed by atoms with Crippen LogP contribution < -0.4 is 0 Å². The van der Waals surface area contributed by atoms with Crippen LogP contribution in [-0.2, 0) is 0 Å². The highest BCUT2D eigenvalue weighted by Gasteiger charge is 2.17. The number of para-hydroxylation sites is 1. The maximum Gasteiger partial charge on any atom is 0.178 e. The van der Waals surface area contributed by atoms with Gasteiger partial charge in [0.05, 0.1) is 22.7 Å². The zero-order chi connectivity index (χ0) is 18.2. The van der Waals surface area contributed by atoms with Crippen LogP contribution in [0, 0.1) is 0 Å². The zero-order valence-corrected chi connectivity index (χ0v) is 14.7. The fraction of sp³-hybridized carbons (Fsp3) is 0. The van der Waals surface area contributed by atoms with Crippen LogP contribution in [0.3, 0.4) is 0 Å². The summed E-state index contributed by atoms with van der Waals surface area (Å²) in [5, 5.41) is 5.89. The van der Waals surface area contributed by atoms with E-state index in [9.17, 15) is 0 Å². The molecule has 0 radical (unpaired) electrons. The van der Waals surface area contributed by atoms with Crippen molar-refractivity contribution >= 4 is 60.3 Å². The van der Waals surface area contributed by atoms with Crippen LogP contribution in [0.25, 0.3) is 60.3 Å². The summed E-state index contributed by atoms with van der Waals surface area (Å²) in [7, 11) is 0. The quantitative estimate of drug-likeness (QED) is 0.378. The first kappa shape index (κ1) is 14.1. The van der Waals surface area contributed by atoms with Crippen molar-refractivity contribution in [2.45, 2.75) is 0 Å². The number of fused-ring (bicyclic) bond motifs is 12. The van der Waals surface area contributed by atoms with Crippen molar-refractivity contribution in [1.82, 2.24) is 24.3 Å². The number of pyridine rings is 3. The van der Waals surface area contributed by atoms with E-state index < -0.39 is 0 Å². The lowest BCUT2D eigenvalue weighted by Gasteiger charge is -2.09. The molecule has 1 N–H and O–H groups in total. The highest BCUT2D eigenvalue weighted by atomic mass is 15.1. The largest absolute Gasteiger partial charge is 0.354 e. The number of H-pyrrole nitrogens is 1. The zero-order valence-electron chi connectivity index (χ0n) is 14.7. The summed E-state index contributed by atoms with van der Waals surface area (Å²) in [4.78, 5) is 17.4. The van der Waals surface area contributed by atoms with Crippen molar-refractivity contribution < 1.29 is 0 Å². The maximum atomic E-state index is 4.86. The lowest BCUT2D eigenvalue weighted by molar-refractivity contribution is 1.27. The van der Waals surface area contributed by atoms with Crippen molar-refractivity contribution in [1.29, 1.82) is 0 Å². The number of nitrogens with zero attached hydrogens (tertiary/aromatic N) is 4. The van der Waals surface area contributed by atoms with Crippen LogP contribution in [0.4, 0.5) is 0 Å².